The lowest BCUT2D eigenvalue weighted by Gasteiger charge is -2.35. The smallest absolute Gasteiger partial charge is 0.354 e. The van der Waals surface area contributed by atoms with Crippen LogP contribution in [-0.4, -0.2) is 33.1 Å². The van der Waals surface area contributed by atoms with Crippen LogP contribution in [0.5, 0.6) is 0 Å². The number of anilines is 1. The Morgan fingerprint density at radius 1 is 1.16 bits per heavy atom. The van der Waals surface area contributed by atoms with Gasteiger partial charge in [0.15, 0.2) is 0 Å². The molecule has 1 aromatic carbocycles. The van der Waals surface area contributed by atoms with Crippen LogP contribution in [0.1, 0.15) is 38.2 Å². The van der Waals surface area contributed by atoms with E-state index in [-0.39, 0.29) is 11.5 Å². The van der Waals surface area contributed by atoms with Gasteiger partial charge in [-0.3, -0.25) is 9.47 Å². The van der Waals surface area contributed by atoms with E-state index in [0.29, 0.717) is 12.1 Å². The van der Waals surface area contributed by atoms with E-state index in [9.17, 15) is 4.79 Å². The molecule has 1 aliphatic carbocycles. The lowest BCUT2D eigenvalue weighted by Crippen LogP contribution is -2.40. The first kappa shape index (κ1) is 17.6. The van der Waals surface area contributed by atoms with E-state index in [1.807, 2.05) is 12.1 Å². The Labute approximate surface area is 148 Å². The molecule has 0 bridgehead atoms. The molecule has 25 heavy (non-hydrogen) atoms. The zero-order chi connectivity index (χ0) is 17.8. The molecule has 1 fully saturated rings. The van der Waals surface area contributed by atoms with Crippen LogP contribution >= 0.6 is 0 Å². The molecule has 0 aliphatic heterocycles. The third-order valence-electron chi connectivity index (χ3n) is 5.09. The van der Waals surface area contributed by atoms with Crippen LogP contribution in [0.3, 0.4) is 0 Å². The van der Waals surface area contributed by atoms with Gasteiger partial charge in [0.2, 0.25) is 0 Å². The number of hydrogen-bond acceptors (Lipinski definition) is 5. The molecule has 1 saturated carbocycles. The van der Waals surface area contributed by atoms with E-state index in [1.54, 1.807) is 12.3 Å². The quantitative estimate of drug-likeness (QED) is 0.867. The van der Waals surface area contributed by atoms with E-state index in [2.05, 4.69) is 28.9 Å². The molecule has 0 unspecified atom stereocenters. The SMILES string of the molecule is CCN(Cc1ccc(-n2ccc(N)nc2=O)cc1)[C@H]1CC[C@H](N)CC1. The fourth-order valence-corrected chi connectivity index (χ4v) is 3.58. The highest BCUT2D eigenvalue weighted by molar-refractivity contribution is 5.36. The number of benzene rings is 1. The van der Waals surface area contributed by atoms with Crippen molar-refractivity contribution < 1.29 is 0 Å². The maximum atomic E-state index is 11.9. The monoisotopic (exact) mass is 341 g/mol. The average Bonchev–Trinajstić information content (AvgIpc) is 2.61. The summed E-state index contributed by atoms with van der Waals surface area (Å²) in [6, 6.07) is 10.7. The lowest BCUT2D eigenvalue weighted by atomic mass is 9.90. The van der Waals surface area contributed by atoms with Crippen molar-refractivity contribution in [3.63, 3.8) is 0 Å². The molecule has 0 saturated heterocycles. The molecule has 1 aromatic heterocycles. The molecular weight excluding hydrogens is 314 g/mol. The molecule has 0 spiro atoms. The zero-order valence-electron chi connectivity index (χ0n) is 14.8. The second kappa shape index (κ2) is 7.80. The van der Waals surface area contributed by atoms with Crippen molar-refractivity contribution >= 4 is 5.82 Å². The number of aromatic nitrogens is 2. The summed E-state index contributed by atoms with van der Waals surface area (Å²) in [6.07, 6.45) is 6.25. The molecule has 0 amide bonds. The molecule has 4 N–H and O–H groups in total. The predicted octanol–water partition coefficient (Wildman–Crippen LogP) is 1.91. The summed E-state index contributed by atoms with van der Waals surface area (Å²) in [6.45, 7) is 4.16. The van der Waals surface area contributed by atoms with Crippen molar-refractivity contribution in [3.8, 4) is 5.69 Å². The van der Waals surface area contributed by atoms with Crippen molar-refractivity contribution in [1.29, 1.82) is 0 Å². The molecule has 0 radical (unpaired) electrons. The second-order valence-corrected chi connectivity index (χ2v) is 6.80. The summed E-state index contributed by atoms with van der Waals surface area (Å²) < 4.78 is 1.50. The number of nitrogen functional groups attached to an aromatic ring is 1. The zero-order valence-corrected chi connectivity index (χ0v) is 14.8. The summed E-state index contributed by atoms with van der Waals surface area (Å²) >= 11 is 0. The molecule has 3 rings (SSSR count). The highest BCUT2D eigenvalue weighted by Crippen LogP contribution is 2.23. The number of rotatable bonds is 5. The maximum absolute atomic E-state index is 11.9. The van der Waals surface area contributed by atoms with Crippen molar-refractivity contribution in [1.82, 2.24) is 14.5 Å². The molecule has 2 aromatic rings. The van der Waals surface area contributed by atoms with Crippen molar-refractivity contribution in [3.05, 3.63) is 52.6 Å². The summed E-state index contributed by atoms with van der Waals surface area (Å²) in [5.41, 5.74) is 13.3. The first-order chi connectivity index (χ1) is 12.1. The van der Waals surface area contributed by atoms with Gasteiger partial charge in [0.25, 0.3) is 0 Å². The largest absolute Gasteiger partial charge is 0.383 e. The van der Waals surface area contributed by atoms with Gasteiger partial charge in [0, 0.05) is 24.8 Å². The van der Waals surface area contributed by atoms with E-state index in [1.165, 1.54) is 23.0 Å². The molecule has 0 atom stereocenters. The topological polar surface area (TPSA) is 90.2 Å². The lowest BCUT2D eigenvalue weighted by molar-refractivity contribution is 0.149. The predicted molar refractivity (Wildman–Crippen MR) is 101 cm³/mol. The normalized spacial score (nSPS) is 20.8. The van der Waals surface area contributed by atoms with Gasteiger partial charge in [-0.2, -0.15) is 4.98 Å². The Balaban J connectivity index is 1.70. The average molecular weight is 341 g/mol. The van der Waals surface area contributed by atoms with Gasteiger partial charge >= 0.3 is 5.69 Å². The standard InChI is InChI=1S/C19H27N5O/c1-2-23(16-9-5-15(20)6-10-16)13-14-3-7-17(8-4-14)24-12-11-18(21)22-19(24)25/h3-4,7-8,11-12,15-16H,2,5-6,9-10,13,20H2,1H3,(H2,21,22,25)/t15-,16-. The van der Waals surface area contributed by atoms with Crippen LogP contribution in [0.15, 0.2) is 41.3 Å². The minimum atomic E-state index is -0.360. The van der Waals surface area contributed by atoms with Crippen LogP contribution in [0.2, 0.25) is 0 Å². The fourth-order valence-electron chi connectivity index (χ4n) is 3.58. The first-order valence-electron chi connectivity index (χ1n) is 9.01. The van der Waals surface area contributed by atoms with Gasteiger partial charge in [0.1, 0.15) is 5.82 Å². The van der Waals surface area contributed by atoms with Crippen molar-refractivity contribution in [2.24, 2.45) is 5.73 Å². The Hall–Kier alpha value is -2.18. The highest BCUT2D eigenvalue weighted by Gasteiger charge is 2.23. The summed E-state index contributed by atoms with van der Waals surface area (Å²) in [7, 11) is 0. The third-order valence-corrected chi connectivity index (χ3v) is 5.09. The molecule has 1 aliphatic rings. The van der Waals surface area contributed by atoms with Crippen molar-refractivity contribution in [2.45, 2.75) is 51.2 Å². The fraction of sp³-hybridized carbons (Fsp3) is 0.474. The molecule has 6 nitrogen and oxygen atoms in total. The molecule has 1 heterocycles. The van der Waals surface area contributed by atoms with Gasteiger partial charge in [-0.1, -0.05) is 19.1 Å². The Morgan fingerprint density at radius 2 is 1.84 bits per heavy atom. The third kappa shape index (κ3) is 4.27. The summed E-state index contributed by atoms with van der Waals surface area (Å²) in [5.74, 6) is 0.239. The van der Waals surface area contributed by atoms with Gasteiger partial charge in [-0.25, -0.2) is 4.79 Å². The minimum absolute atomic E-state index is 0.239. The van der Waals surface area contributed by atoms with E-state index in [0.717, 1.165) is 31.6 Å². The van der Waals surface area contributed by atoms with E-state index >= 15 is 0 Å². The number of nitrogens with zero attached hydrogens (tertiary/aromatic N) is 3. The van der Waals surface area contributed by atoms with Crippen LogP contribution in [-0.2, 0) is 6.54 Å². The van der Waals surface area contributed by atoms with Gasteiger partial charge < -0.3 is 11.5 Å². The number of nitrogens with two attached hydrogens (primary N) is 2. The Kier molecular flexibility index (Phi) is 5.50. The number of hydrogen-bond donors (Lipinski definition) is 2. The van der Waals surface area contributed by atoms with Crippen LogP contribution in [0.4, 0.5) is 5.82 Å². The summed E-state index contributed by atoms with van der Waals surface area (Å²) in [5, 5.41) is 0. The summed E-state index contributed by atoms with van der Waals surface area (Å²) in [4.78, 5) is 18.2. The minimum Gasteiger partial charge on any atom is -0.383 e. The molecular formula is C19H27N5O. The Bertz CT molecular complexity index is 747. The Morgan fingerprint density at radius 3 is 2.44 bits per heavy atom. The van der Waals surface area contributed by atoms with Crippen LogP contribution < -0.4 is 17.2 Å². The second-order valence-electron chi connectivity index (χ2n) is 6.80. The first-order valence-corrected chi connectivity index (χ1v) is 9.01. The van der Waals surface area contributed by atoms with Gasteiger partial charge in [-0.05, 0) is 56.0 Å². The van der Waals surface area contributed by atoms with Crippen LogP contribution in [0.25, 0.3) is 5.69 Å². The van der Waals surface area contributed by atoms with E-state index in [4.69, 9.17) is 11.5 Å². The maximum Gasteiger partial charge on any atom is 0.354 e. The van der Waals surface area contributed by atoms with Gasteiger partial charge in [-0.15, -0.1) is 0 Å². The van der Waals surface area contributed by atoms with Gasteiger partial charge in [0.05, 0.1) is 5.69 Å². The molecule has 6 heteroatoms. The van der Waals surface area contributed by atoms with E-state index < -0.39 is 0 Å². The van der Waals surface area contributed by atoms with Crippen LogP contribution in [0, 0.1) is 0 Å². The van der Waals surface area contributed by atoms with Crippen molar-refractivity contribution in [2.75, 3.05) is 12.3 Å². The highest BCUT2D eigenvalue weighted by atomic mass is 16.1. The molecule has 134 valence electrons.